The Labute approximate surface area is 252 Å². The summed E-state index contributed by atoms with van der Waals surface area (Å²) >= 11 is 13.0. The molecule has 2 saturated heterocycles. The molecule has 4 aromatic rings. The Balaban J connectivity index is 1.36. The number of anilines is 2. The fourth-order valence-electron chi connectivity index (χ4n) is 5.58. The molecule has 5 heterocycles. The van der Waals surface area contributed by atoms with E-state index in [0.717, 1.165) is 44.0 Å². The Kier molecular flexibility index (Phi) is 7.69. The van der Waals surface area contributed by atoms with Crippen molar-refractivity contribution in [2.75, 3.05) is 50.1 Å². The van der Waals surface area contributed by atoms with E-state index in [1.807, 2.05) is 18.2 Å². The molecule has 218 valence electrons. The highest BCUT2D eigenvalue weighted by atomic mass is 35.5. The number of aromatic nitrogens is 3. The minimum atomic E-state index is -1.30. The lowest BCUT2D eigenvalue weighted by Crippen LogP contribution is -2.57. The Morgan fingerprint density at radius 2 is 1.95 bits per heavy atom. The van der Waals surface area contributed by atoms with Crippen molar-refractivity contribution in [3.63, 3.8) is 0 Å². The summed E-state index contributed by atoms with van der Waals surface area (Å²) in [5, 5.41) is 10.8. The summed E-state index contributed by atoms with van der Waals surface area (Å²) in [5.74, 6) is -0.0879. The van der Waals surface area contributed by atoms with Crippen LogP contribution in [0.5, 0.6) is 5.88 Å². The van der Waals surface area contributed by atoms with E-state index in [1.165, 1.54) is 6.20 Å². The van der Waals surface area contributed by atoms with Gasteiger partial charge >= 0.3 is 5.97 Å². The van der Waals surface area contributed by atoms with E-state index in [2.05, 4.69) is 38.8 Å². The van der Waals surface area contributed by atoms with Crippen LogP contribution < -0.4 is 20.0 Å². The van der Waals surface area contributed by atoms with Crippen molar-refractivity contribution in [2.24, 2.45) is 0 Å². The van der Waals surface area contributed by atoms with E-state index in [1.54, 1.807) is 35.2 Å². The molecule has 2 fully saturated rings. The number of nitrogens with zero attached hydrogens (tertiary/aromatic N) is 6. The van der Waals surface area contributed by atoms with Gasteiger partial charge in [-0.1, -0.05) is 23.2 Å². The summed E-state index contributed by atoms with van der Waals surface area (Å²) in [4.78, 5) is 40.7. The average molecular weight is 610 g/mol. The number of hydrogen-bond donors (Lipinski definition) is 1. The number of likely N-dealkylation sites (N-methyl/N-ethyl adjacent to an activating group) is 1. The lowest BCUT2D eigenvalue weighted by Gasteiger charge is -2.43. The van der Waals surface area contributed by atoms with E-state index in [0.29, 0.717) is 39.8 Å². The van der Waals surface area contributed by atoms with Crippen LogP contribution in [0.1, 0.15) is 23.2 Å². The molecule has 0 radical (unpaired) electrons. The molecule has 12 heteroatoms. The monoisotopic (exact) mass is 608 g/mol. The zero-order valence-electron chi connectivity index (χ0n) is 23.2. The zero-order valence-corrected chi connectivity index (χ0v) is 24.7. The second kappa shape index (κ2) is 11.4. The zero-order chi connectivity index (χ0) is 29.5. The first-order chi connectivity index (χ1) is 20.2. The van der Waals surface area contributed by atoms with Gasteiger partial charge in [0.2, 0.25) is 11.3 Å². The number of rotatable bonds is 8. The number of ether oxygens (including phenoxy) is 1. The van der Waals surface area contributed by atoms with Gasteiger partial charge in [0.15, 0.2) is 0 Å². The van der Waals surface area contributed by atoms with E-state index in [-0.39, 0.29) is 17.0 Å². The largest absolute Gasteiger partial charge is 0.477 e. The molecule has 0 aliphatic carbocycles. The Morgan fingerprint density at radius 1 is 1.14 bits per heavy atom. The van der Waals surface area contributed by atoms with Crippen molar-refractivity contribution in [1.82, 2.24) is 19.4 Å². The van der Waals surface area contributed by atoms with E-state index < -0.39 is 11.4 Å². The Bertz CT molecular complexity index is 1710. The molecule has 0 saturated carbocycles. The number of hydrogen-bond acceptors (Lipinski definition) is 8. The lowest BCUT2D eigenvalue weighted by atomic mass is 10.1. The van der Waals surface area contributed by atoms with Crippen LogP contribution in [-0.2, 0) is 0 Å². The van der Waals surface area contributed by atoms with Crippen molar-refractivity contribution in [2.45, 2.75) is 24.9 Å². The number of fused-ring (bicyclic) bond motifs is 1. The lowest BCUT2D eigenvalue weighted by molar-refractivity contribution is 0.0695. The summed E-state index contributed by atoms with van der Waals surface area (Å²) in [6.45, 7) is 2.87. The van der Waals surface area contributed by atoms with Gasteiger partial charge in [0.1, 0.15) is 23.0 Å². The SMILES string of the molecule is CN(C)C1CN(c2ccc(-n3cc(C(=O)O)c(=O)c4cc(Cl)c(N5CCCC5COc5ncccc5Cl)cc43)cn2)C1. The molecule has 0 amide bonds. The highest BCUT2D eigenvalue weighted by Crippen LogP contribution is 2.36. The highest BCUT2D eigenvalue weighted by Gasteiger charge is 2.30. The number of halogens is 2. The van der Waals surface area contributed by atoms with Gasteiger partial charge in [0.25, 0.3) is 0 Å². The van der Waals surface area contributed by atoms with Crippen molar-refractivity contribution in [1.29, 1.82) is 0 Å². The van der Waals surface area contributed by atoms with Crippen LogP contribution in [0.15, 0.2) is 59.8 Å². The molecule has 2 aliphatic heterocycles. The van der Waals surface area contributed by atoms with Crippen LogP contribution in [0.2, 0.25) is 10.0 Å². The van der Waals surface area contributed by atoms with Gasteiger partial charge in [-0.25, -0.2) is 14.8 Å². The van der Waals surface area contributed by atoms with E-state index >= 15 is 0 Å². The summed E-state index contributed by atoms with van der Waals surface area (Å²) in [6.07, 6.45) is 6.50. The number of pyridine rings is 3. The molecule has 1 atom stereocenters. The third-order valence-corrected chi connectivity index (χ3v) is 8.64. The van der Waals surface area contributed by atoms with Crippen molar-refractivity contribution in [3.8, 4) is 11.6 Å². The van der Waals surface area contributed by atoms with Gasteiger partial charge in [-0.2, -0.15) is 0 Å². The standard InChI is InChI=1S/C30H30Cl2N6O4/c1-35(2)20-14-36(15-20)27-8-7-18(13-34-27)38-16-22(30(40)41)28(39)21-11-24(32)26(12-25(21)38)37-10-4-5-19(37)17-42-29-23(31)6-3-9-33-29/h3,6-9,11-13,16,19-20H,4-5,10,14-15,17H2,1-2H3,(H,40,41). The third-order valence-electron chi connectivity index (χ3n) is 8.05. The smallest absolute Gasteiger partial charge is 0.341 e. The van der Waals surface area contributed by atoms with Crippen LogP contribution in [0, 0.1) is 0 Å². The van der Waals surface area contributed by atoms with Gasteiger partial charge in [0, 0.05) is 43.5 Å². The van der Waals surface area contributed by atoms with E-state index in [9.17, 15) is 14.7 Å². The minimum Gasteiger partial charge on any atom is -0.477 e. The number of carboxylic acids is 1. The van der Waals surface area contributed by atoms with Crippen molar-refractivity contribution < 1.29 is 14.6 Å². The molecule has 1 N–H and O–H groups in total. The van der Waals surface area contributed by atoms with Gasteiger partial charge < -0.3 is 29.1 Å². The van der Waals surface area contributed by atoms with E-state index in [4.69, 9.17) is 27.9 Å². The van der Waals surface area contributed by atoms with Gasteiger partial charge in [0.05, 0.1) is 34.2 Å². The Hall–Kier alpha value is -3.86. The fourth-order valence-corrected chi connectivity index (χ4v) is 6.02. The second-order valence-electron chi connectivity index (χ2n) is 10.9. The first kappa shape index (κ1) is 28.3. The molecule has 6 rings (SSSR count). The fraction of sp³-hybridized carbons (Fsp3) is 0.333. The molecule has 42 heavy (non-hydrogen) atoms. The third kappa shape index (κ3) is 5.26. The maximum absolute atomic E-state index is 13.2. The molecular weight excluding hydrogens is 579 g/mol. The predicted octanol–water partition coefficient (Wildman–Crippen LogP) is 4.58. The molecule has 1 unspecified atom stereocenters. The molecule has 2 aliphatic rings. The van der Waals surface area contributed by atoms with Gasteiger partial charge in [-0.3, -0.25) is 4.79 Å². The maximum Gasteiger partial charge on any atom is 0.341 e. The number of aromatic carboxylic acids is 1. The molecule has 0 bridgehead atoms. The second-order valence-corrected chi connectivity index (χ2v) is 11.7. The topological polar surface area (TPSA) is 104 Å². The number of benzene rings is 1. The summed E-state index contributed by atoms with van der Waals surface area (Å²) in [6, 6.07) is 11.2. The first-order valence-electron chi connectivity index (χ1n) is 13.7. The normalized spacial score (nSPS) is 17.2. The van der Waals surface area contributed by atoms with Gasteiger partial charge in [-0.15, -0.1) is 0 Å². The predicted molar refractivity (Wildman–Crippen MR) is 164 cm³/mol. The molecular formula is C30H30Cl2N6O4. The summed E-state index contributed by atoms with van der Waals surface area (Å²) in [7, 11) is 4.13. The molecule has 0 spiro atoms. The highest BCUT2D eigenvalue weighted by molar-refractivity contribution is 6.34. The molecule has 1 aromatic carbocycles. The molecule has 10 nitrogen and oxygen atoms in total. The van der Waals surface area contributed by atoms with Crippen molar-refractivity contribution in [3.05, 3.63) is 80.8 Å². The van der Waals surface area contributed by atoms with Crippen LogP contribution >= 0.6 is 23.2 Å². The van der Waals surface area contributed by atoms with Crippen LogP contribution in [0.25, 0.3) is 16.6 Å². The quantitative estimate of drug-likeness (QED) is 0.308. The van der Waals surface area contributed by atoms with Crippen molar-refractivity contribution >= 4 is 51.6 Å². The number of carboxylic acid groups (broad SMARTS) is 1. The first-order valence-corrected chi connectivity index (χ1v) is 14.5. The maximum atomic E-state index is 13.2. The minimum absolute atomic E-state index is 0.0000411. The Morgan fingerprint density at radius 3 is 2.64 bits per heavy atom. The average Bonchev–Trinajstić information content (AvgIpc) is 3.40. The van der Waals surface area contributed by atoms with Crippen LogP contribution in [0.4, 0.5) is 11.5 Å². The van der Waals surface area contributed by atoms with Crippen LogP contribution in [0.3, 0.4) is 0 Å². The van der Waals surface area contributed by atoms with Crippen LogP contribution in [-0.4, -0.2) is 82.9 Å². The summed E-state index contributed by atoms with van der Waals surface area (Å²) < 4.78 is 7.65. The summed E-state index contributed by atoms with van der Waals surface area (Å²) in [5.41, 5.74) is 0.976. The molecule has 3 aromatic heterocycles. The number of carbonyl (C=O) groups is 1. The van der Waals surface area contributed by atoms with Gasteiger partial charge in [-0.05, 0) is 63.3 Å².